The van der Waals surface area contributed by atoms with Gasteiger partial charge in [-0.2, -0.15) is 0 Å². The Morgan fingerprint density at radius 2 is 1.58 bits per heavy atom. The number of aromatic nitrogens is 1. The van der Waals surface area contributed by atoms with Crippen LogP contribution in [0, 0.1) is 11.2 Å². The molecule has 4 nitrogen and oxygen atoms in total. The van der Waals surface area contributed by atoms with Crippen LogP contribution in [0.1, 0.15) is 36.2 Å². The second kappa shape index (κ2) is 9.02. The van der Waals surface area contributed by atoms with Gasteiger partial charge in [-0.05, 0) is 49.6 Å². The van der Waals surface area contributed by atoms with E-state index in [1.807, 2.05) is 65.2 Å². The molecule has 2 N–H and O–H groups in total. The number of primary amides is 1. The highest BCUT2D eigenvalue weighted by Crippen LogP contribution is 2.37. The van der Waals surface area contributed by atoms with Crippen LogP contribution in [0.3, 0.4) is 0 Å². The second-order valence-electron chi connectivity index (χ2n) is 8.99. The van der Waals surface area contributed by atoms with Crippen molar-refractivity contribution in [3.63, 3.8) is 0 Å². The van der Waals surface area contributed by atoms with E-state index < -0.39 is 17.1 Å². The van der Waals surface area contributed by atoms with Crippen molar-refractivity contribution in [3.8, 4) is 11.3 Å². The van der Waals surface area contributed by atoms with Gasteiger partial charge in [0.25, 0.3) is 0 Å². The van der Waals surface area contributed by atoms with Gasteiger partial charge in [0, 0.05) is 23.9 Å². The number of hydrogen-bond acceptors (Lipinski definition) is 2. The van der Waals surface area contributed by atoms with E-state index in [9.17, 15) is 14.0 Å². The lowest BCUT2D eigenvalue weighted by atomic mass is 9.92. The Labute approximate surface area is 192 Å². The Morgan fingerprint density at radius 3 is 2.21 bits per heavy atom. The van der Waals surface area contributed by atoms with E-state index in [1.54, 1.807) is 19.9 Å². The monoisotopic (exact) mass is 442 g/mol. The molecule has 0 spiro atoms. The molecule has 0 unspecified atom stereocenters. The Bertz CT molecular complexity index is 1310. The second-order valence-corrected chi connectivity index (χ2v) is 8.99. The quantitative estimate of drug-likeness (QED) is 0.352. The number of aryl methyl sites for hydroxylation is 1. The van der Waals surface area contributed by atoms with Crippen molar-refractivity contribution in [1.82, 2.24) is 4.57 Å². The first kappa shape index (κ1) is 22.5. The summed E-state index contributed by atoms with van der Waals surface area (Å²) >= 11 is 0. The molecular formula is C28H27FN2O2. The summed E-state index contributed by atoms with van der Waals surface area (Å²) < 4.78 is 16.3. The van der Waals surface area contributed by atoms with E-state index in [-0.39, 0.29) is 12.3 Å². The molecule has 5 heteroatoms. The van der Waals surface area contributed by atoms with E-state index >= 15 is 0 Å². The lowest BCUT2D eigenvalue weighted by Crippen LogP contribution is -2.35. The van der Waals surface area contributed by atoms with E-state index in [1.165, 1.54) is 12.1 Å². The number of ketones is 1. The highest BCUT2D eigenvalue weighted by molar-refractivity contribution is 6.13. The number of rotatable bonds is 8. The number of benzene rings is 3. The predicted molar refractivity (Wildman–Crippen MR) is 129 cm³/mol. The average Bonchev–Trinajstić information content (AvgIpc) is 3.11. The van der Waals surface area contributed by atoms with Gasteiger partial charge in [-0.3, -0.25) is 9.59 Å². The first-order chi connectivity index (χ1) is 15.8. The van der Waals surface area contributed by atoms with Crippen molar-refractivity contribution in [2.24, 2.45) is 11.1 Å². The molecule has 0 aliphatic heterocycles. The highest BCUT2D eigenvalue weighted by Gasteiger charge is 2.30. The number of fused-ring (bicyclic) bond motifs is 1. The lowest BCUT2D eigenvalue weighted by molar-refractivity contribution is -0.126. The molecule has 0 aliphatic rings. The summed E-state index contributed by atoms with van der Waals surface area (Å²) in [6.45, 7) is 3.81. The summed E-state index contributed by atoms with van der Waals surface area (Å²) in [6.07, 6.45) is 0.876. The molecule has 0 aliphatic carbocycles. The minimum Gasteiger partial charge on any atom is -0.369 e. The third-order valence-electron chi connectivity index (χ3n) is 6.06. The van der Waals surface area contributed by atoms with Crippen LogP contribution in [0.25, 0.3) is 22.2 Å². The number of carbonyl (C=O) groups is 2. The van der Waals surface area contributed by atoms with Crippen LogP contribution in [-0.4, -0.2) is 16.3 Å². The maximum absolute atomic E-state index is 14.3. The summed E-state index contributed by atoms with van der Waals surface area (Å²) in [6, 6.07) is 23.8. The van der Waals surface area contributed by atoms with Crippen LogP contribution < -0.4 is 5.73 Å². The Hall–Kier alpha value is -3.73. The van der Waals surface area contributed by atoms with Gasteiger partial charge in [-0.15, -0.1) is 0 Å². The lowest BCUT2D eigenvalue weighted by Gasteiger charge is -2.24. The molecule has 0 saturated carbocycles. The molecule has 0 atom stereocenters. The standard InChI is InChI=1S/C28H27FN2O2/c1-28(2,27(30)33)18-31-23-15-14-21(29)17-22(23)25(26(31)20-11-7-4-8-12-20)24(32)16-13-19-9-5-3-6-10-19/h3-12,14-15,17H,13,16,18H2,1-2H3,(H2,30,33). The molecule has 4 aromatic rings. The largest absolute Gasteiger partial charge is 0.369 e. The molecular weight excluding hydrogens is 415 g/mol. The number of carbonyl (C=O) groups excluding carboxylic acids is 2. The summed E-state index contributed by atoms with van der Waals surface area (Å²) in [4.78, 5) is 25.8. The summed E-state index contributed by atoms with van der Waals surface area (Å²) in [5.74, 6) is -0.920. The Morgan fingerprint density at radius 1 is 0.939 bits per heavy atom. The molecule has 168 valence electrons. The van der Waals surface area contributed by atoms with Crippen molar-refractivity contribution in [3.05, 3.63) is 95.8 Å². The fourth-order valence-electron chi connectivity index (χ4n) is 4.17. The van der Waals surface area contributed by atoms with Crippen LogP contribution in [0.2, 0.25) is 0 Å². The van der Waals surface area contributed by atoms with E-state index in [4.69, 9.17) is 5.73 Å². The van der Waals surface area contributed by atoms with Gasteiger partial charge >= 0.3 is 0 Å². The molecule has 0 fully saturated rings. The first-order valence-electron chi connectivity index (χ1n) is 11.0. The van der Waals surface area contributed by atoms with Gasteiger partial charge in [-0.1, -0.05) is 60.7 Å². The van der Waals surface area contributed by atoms with Crippen LogP contribution in [-0.2, 0) is 17.8 Å². The summed E-state index contributed by atoms with van der Waals surface area (Å²) in [5, 5.41) is 0.548. The molecule has 4 rings (SSSR count). The number of halogens is 1. The number of hydrogen-bond donors (Lipinski definition) is 1. The van der Waals surface area contributed by atoms with Gasteiger partial charge in [0.1, 0.15) is 5.82 Å². The molecule has 1 heterocycles. The zero-order chi connectivity index (χ0) is 23.6. The van der Waals surface area contributed by atoms with Crippen LogP contribution in [0.4, 0.5) is 4.39 Å². The summed E-state index contributed by atoms with van der Waals surface area (Å²) in [5.41, 5.74) is 8.57. The third kappa shape index (κ3) is 4.58. The van der Waals surface area contributed by atoms with Gasteiger partial charge in [0.2, 0.25) is 5.91 Å². The van der Waals surface area contributed by atoms with Gasteiger partial charge in [-0.25, -0.2) is 4.39 Å². The molecule has 1 aromatic heterocycles. The van der Waals surface area contributed by atoms with Crippen LogP contribution in [0.5, 0.6) is 0 Å². The third-order valence-corrected chi connectivity index (χ3v) is 6.06. The number of amides is 1. The predicted octanol–water partition coefficient (Wildman–Crippen LogP) is 5.77. The highest BCUT2D eigenvalue weighted by atomic mass is 19.1. The maximum Gasteiger partial charge on any atom is 0.224 e. The van der Waals surface area contributed by atoms with Gasteiger partial charge in [0.05, 0.1) is 16.7 Å². The van der Waals surface area contributed by atoms with Gasteiger partial charge < -0.3 is 10.3 Å². The number of nitrogens with two attached hydrogens (primary N) is 1. The molecule has 0 bridgehead atoms. The van der Waals surface area contributed by atoms with Crippen molar-refractivity contribution >= 4 is 22.6 Å². The fourth-order valence-corrected chi connectivity index (χ4v) is 4.17. The van der Waals surface area contributed by atoms with E-state index in [0.717, 1.165) is 11.1 Å². The first-order valence-corrected chi connectivity index (χ1v) is 11.0. The zero-order valence-corrected chi connectivity index (χ0v) is 18.8. The SMILES string of the molecule is CC(C)(Cn1c(-c2ccccc2)c(C(=O)CCc2ccccc2)c2cc(F)ccc21)C(N)=O. The molecule has 0 radical (unpaired) electrons. The van der Waals surface area contributed by atoms with Crippen molar-refractivity contribution in [1.29, 1.82) is 0 Å². The fraction of sp³-hybridized carbons (Fsp3) is 0.214. The normalized spacial score (nSPS) is 11.6. The molecule has 1 amide bonds. The van der Waals surface area contributed by atoms with Crippen LogP contribution in [0.15, 0.2) is 78.9 Å². The molecule has 33 heavy (non-hydrogen) atoms. The van der Waals surface area contributed by atoms with Crippen molar-refractivity contribution in [2.45, 2.75) is 33.2 Å². The van der Waals surface area contributed by atoms with Gasteiger partial charge in [0.15, 0.2) is 5.78 Å². The maximum atomic E-state index is 14.3. The average molecular weight is 443 g/mol. The smallest absolute Gasteiger partial charge is 0.224 e. The Balaban J connectivity index is 1.91. The number of nitrogens with zero attached hydrogens (tertiary/aromatic N) is 1. The minimum absolute atomic E-state index is 0.0658. The van der Waals surface area contributed by atoms with Crippen molar-refractivity contribution in [2.75, 3.05) is 0 Å². The minimum atomic E-state index is -0.867. The van der Waals surface area contributed by atoms with E-state index in [0.29, 0.717) is 35.0 Å². The van der Waals surface area contributed by atoms with Crippen molar-refractivity contribution < 1.29 is 14.0 Å². The van der Waals surface area contributed by atoms with E-state index in [2.05, 4.69) is 0 Å². The summed E-state index contributed by atoms with van der Waals surface area (Å²) in [7, 11) is 0. The topological polar surface area (TPSA) is 65.1 Å². The molecule has 0 saturated heterocycles. The van der Waals surface area contributed by atoms with Crippen LogP contribution >= 0.6 is 0 Å². The number of Topliss-reactive ketones (excluding diaryl/α,β-unsaturated/α-hetero) is 1. The zero-order valence-electron chi connectivity index (χ0n) is 18.8. The Kier molecular flexibility index (Phi) is 6.14. The molecule has 3 aromatic carbocycles.